The largest absolute Gasteiger partial charge is 0.493 e. The second-order valence-corrected chi connectivity index (χ2v) is 8.79. The van der Waals surface area contributed by atoms with Crippen molar-refractivity contribution in [3.63, 3.8) is 0 Å². The average Bonchev–Trinajstić information content (AvgIpc) is 3.39. The molecule has 0 spiro atoms. The summed E-state index contributed by atoms with van der Waals surface area (Å²) in [6.45, 7) is 7.26. The minimum absolute atomic E-state index is 0.170. The zero-order chi connectivity index (χ0) is 22.9. The van der Waals surface area contributed by atoms with Gasteiger partial charge in [0.25, 0.3) is 0 Å². The van der Waals surface area contributed by atoms with Gasteiger partial charge in [-0.1, -0.05) is 37.3 Å². The van der Waals surface area contributed by atoms with E-state index in [4.69, 9.17) is 9.72 Å². The van der Waals surface area contributed by atoms with Crippen molar-refractivity contribution in [1.29, 1.82) is 0 Å². The number of ketones is 1. The van der Waals surface area contributed by atoms with Crippen molar-refractivity contribution in [3.8, 4) is 11.4 Å². The lowest BCUT2D eigenvalue weighted by atomic mass is 9.96. The maximum Gasteiger partial charge on any atom is 0.130 e. The first-order chi connectivity index (χ1) is 16.0. The number of hydrogen-bond acceptors (Lipinski definition) is 4. The SMILES string of the molecule is CCc1nc2ccccc2n1-c1cccc(CNc2ccc3c(c2)OCC3CC(C)=O)c1C. The second kappa shape index (κ2) is 8.74. The number of Topliss-reactive ketones (excluding diaryl/α,β-unsaturated/α-hetero) is 1. The van der Waals surface area contributed by atoms with E-state index in [1.54, 1.807) is 6.92 Å². The molecule has 1 aliphatic heterocycles. The number of para-hydroxylation sites is 2. The molecular formula is C28H29N3O2. The predicted octanol–water partition coefficient (Wildman–Crippen LogP) is 5.96. The summed E-state index contributed by atoms with van der Waals surface area (Å²) in [5.41, 5.74) is 7.96. The van der Waals surface area contributed by atoms with Gasteiger partial charge in [0.05, 0.1) is 23.3 Å². The molecule has 0 radical (unpaired) electrons. The third-order valence-corrected chi connectivity index (χ3v) is 6.52. The zero-order valence-electron chi connectivity index (χ0n) is 19.4. The highest BCUT2D eigenvalue weighted by atomic mass is 16.5. The number of nitrogens with one attached hydrogen (secondary N) is 1. The van der Waals surface area contributed by atoms with Crippen LogP contribution in [0, 0.1) is 6.92 Å². The Labute approximate surface area is 194 Å². The number of carbonyl (C=O) groups excluding carboxylic acids is 1. The number of hydrogen-bond donors (Lipinski definition) is 1. The molecule has 0 amide bonds. The minimum Gasteiger partial charge on any atom is -0.493 e. The monoisotopic (exact) mass is 439 g/mol. The van der Waals surface area contributed by atoms with E-state index in [9.17, 15) is 4.79 Å². The average molecular weight is 440 g/mol. The number of imidazole rings is 1. The van der Waals surface area contributed by atoms with Gasteiger partial charge in [0.1, 0.15) is 17.4 Å². The number of fused-ring (bicyclic) bond motifs is 2. The van der Waals surface area contributed by atoms with Gasteiger partial charge in [-0.05, 0) is 49.2 Å². The van der Waals surface area contributed by atoms with E-state index in [-0.39, 0.29) is 11.7 Å². The van der Waals surface area contributed by atoms with Crippen molar-refractivity contribution in [2.45, 2.75) is 46.1 Å². The first-order valence-corrected chi connectivity index (χ1v) is 11.6. The molecule has 3 aromatic carbocycles. The third kappa shape index (κ3) is 3.99. The highest BCUT2D eigenvalue weighted by molar-refractivity contribution is 5.79. The normalized spacial score (nSPS) is 14.8. The number of carbonyl (C=O) groups is 1. The first-order valence-electron chi connectivity index (χ1n) is 11.6. The van der Waals surface area contributed by atoms with E-state index in [2.05, 4.69) is 72.3 Å². The molecule has 2 heterocycles. The van der Waals surface area contributed by atoms with E-state index >= 15 is 0 Å². The van der Waals surface area contributed by atoms with E-state index < -0.39 is 0 Å². The summed E-state index contributed by atoms with van der Waals surface area (Å²) >= 11 is 0. The number of rotatable bonds is 7. The van der Waals surface area contributed by atoms with Crippen molar-refractivity contribution < 1.29 is 9.53 Å². The van der Waals surface area contributed by atoms with Crippen LogP contribution in [0.4, 0.5) is 5.69 Å². The van der Waals surface area contributed by atoms with Gasteiger partial charge in [0.2, 0.25) is 0 Å². The standard InChI is InChI=1S/C28H29N3O2/c1-4-28-30-24-9-5-6-10-26(24)31(28)25-11-7-8-20(19(25)3)16-29-22-12-13-23-21(14-18(2)32)17-33-27(23)15-22/h5-13,15,21,29H,4,14,16-17H2,1-3H3. The summed E-state index contributed by atoms with van der Waals surface area (Å²) in [4.78, 5) is 16.4. The van der Waals surface area contributed by atoms with Crippen LogP contribution in [-0.2, 0) is 17.8 Å². The Bertz CT molecular complexity index is 1340. The lowest BCUT2D eigenvalue weighted by molar-refractivity contribution is -0.117. The fourth-order valence-electron chi connectivity index (χ4n) is 4.79. The molecule has 1 aliphatic rings. The summed E-state index contributed by atoms with van der Waals surface area (Å²) < 4.78 is 8.14. The molecule has 0 saturated heterocycles. The minimum atomic E-state index is 0.170. The van der Waals surface area contributed by atoms with Crippen LogP contribution in [0.1, 0.15) is 48.7 Å². The molecule has 5 rings (SSSR count). The Kier molecular flexibility index (Phi) is 5.63. The maximum absolute atomic E-state index is 11.5. The fraction of sp³-hybridized carbons (Fsp3) is 0.286. The van der Waals surface area contributed by atoms with Crippen LogP contribution in [0.5, 0.6) is 5.75 Å². The first kappa shape index (κ1) is 21.3. The van der Waals surface area contributed by atoms with E-state index in [0.29, 0.717) is 19.6 Å². The Morgan fingerprint density at radius 1 is 1.15 bits per heavy atom. The van der Waals surface area contributed by atoms with Gasteiger partial charge < -0.3 is 14.8 Å². The predicted molar refractivity (Wildman–Crippen MR) is 132 cm³/mol. The van der Waals surface area contributed by atoms with Gasteiger partial charge in [-0.15, -0.1) is 0 Å². The topological polar surface area (TPSA) is 56.1 Å². The van der Waals surface area contributed by atoms with Crippen LogP contribution >= 0.6 is 0 Å². The number of benzene rings is 3. The van der Waals surface area contributed by atoms with Crippen molar-refractivity contribution in [2.24, 2.45) is 0 Å². The number of aryl methyl sites for hydroxylation is 1. The van der Waals surface area contributed by atoms with E-state index in [1.807, 2.05) is 12.1 Å². The summed E-state index contributed by atoms with van der Waals surface area (Å²) in [6.07, 6.45) is 1.41. The van der Waals surface area contributed by atoms with Crippen molar-refractivity contribution in [1.82, 2.24) is 9.55 Å². The van der Waals surface area contributed by atoms with Crippen LogP contribution in [0.15, 0.2) is 60.7 Å². The second-order valence-electron chi connectivity index (χ2n) is 8.79. The third-order valence-electron chi connectivity index (χ3n) is 6.52. The summed E-state index contributed by atoms with van der Waals surface area (Å²) in [7, 11) is 0. The molecule has 0 aliphatic carbocycles. The fourth-order valence-corrected chi connectivity index (χ4v) is 4.79. The molecule has 5 nitrogen and oxygen atoms in total. The molecule has 4 aromatic rings. The van der Waals surface area contributed by atoms with Gasteiger partial charge in [-0.2, -0.15) is 0 Å². The lowest BCUT2D eigenvalue weighted by Crippen LogP contribution is -2.07. The Balaban J connectivity index is 1.40. The maximum atomic E-state index is 11.5. The van der Waals surface area contributed by atoms with E-state index in [1.165, 1.54) is 16.8 Å². The molecule has 1 atom stereocenters. The van der Waals surface area contributed by atoms with Crippen LogP contribution in [0.3, 0.4) is 0 Å². The van der Waals surface area contributed by atoms with Crippen LogP contribution in [-0.4, -0.2) is 21.9 Å². The van der Waals surface area contributed by atoms with E-state index in [0.717, 1.165) is 40.3 Å². The van der Waals surface area contributed by atoms with Crippen molar-refractivity contribution in [2.75, 3.05) is 11.9 Å². The van der Waals surface area contributed by atoms with Crippen LogP contribution in [0.25, 0.3) is 16.7 Å². The number of aromatic nitrogens is 2. The highest BCUT2D eigenvalue weighted by Gasteiger charge is 2.25. The summed E-state index contributed by atoms with van der Waals surface area (Å²) in [5, 5.41) is 3.55. The number of nitrogens with zero attached hydrogens (tertiary/aromatic N) is 2. The Hall–Kier alpha value is -3.60. The van der Waals surface area contributed by atoms with Gasteiger partial charge in [0, 0.05) is 42.6 Å². The quantitative estimate of drug-likeness (QED) is 0.386. The van der Waals surface area contributed by atoms with Gasteiger partial charge in [-0.3, -0.25) is 4.57 Å². The molecule has 0 fully saturated rings. The molecule has 5 heteroatoms. The molecule has 168 valence electrons. The van der Waals surface area contributed by atoms with Crippen molar-refractivity contribution in [3.05, 3.63) is 83.2 Å². The summed E-state index contributed by atoms with van der Waals surface area (Å²) in [6, 6.07) is 21.0. The molecule has 0 saturated carbocycles. The highest BCUT2D eigenvalue weighted by Crippen LogP contribution is 2.38. The lowest BCUT2D eigenvalue weighted by Gasteiger charge is -2.16. The number of ether oxygens (including phenoxy) is 1. The molecular weight excluding hydrogens is 410 g/mol. The zero-order valence-corrected chi connectivity index (χ0v) is 19.4. The van der Waals surface area contributed by atoms with Gasteiger partial charge in [-0.25, -0.2) is 4.98 Å². The van der Waals surface area contributed by atoms with Gasteiger partial charge >= 0.3 is 0 Å². The Morgan fingerprint density at radius 2 is 2.00 bits per heavy atom. The molecule has 1 unspecified atom stereocenters. The Morgan fingerprint density at radius 3 is 2.82 bits per heavy atom. The summed E-state index contributed by atoms with van der Waals surface area (Å²) in [5.74, 6) is 2.32. The molecule has 1 aromatic heterocycles. The molecule has 33 heavy (non-hydrogen) atoms. The van der Waals surface area contributed by atoms with Gasteiger partial charge in [0.15, 0.2) is 0 Å². The van der Waals surface area contributed by atoms with Crippen LogP contribution in [0.2, 0.25) is 0 Å². The number of anilines is 1. The van der Waals surface area contributed by atoms with Crippen LogP contribution < -0.4 is 10.1 Å². The molecule has 0 bridgehead atoms. The van der Waals surface area contributed by atoms with Crippen molar-refractivity contribution >= 4 is 22.5 Å². The molecule has 1 N–H and O–H groups in total. The smallest absolute Gasteiger partial charge is 0.130 e.